The number of aromatic nitrogens is 2. The van der Waals surface area contributed by atoms with Crippen LogP contribution in [0.5, 0.6) is 0 Å². The molecule has 1 saturated carbocycles. The average molecular weight is 272 g/mol. The second-order valence-corrected chi connectivity index (χ2v) is 5.49. The Labute approximate surface area is 114 Å². The van der Waals surface area contributed by atoms with Crippen LogP contribution in [0.4, 0.5) is 6.01 Å². The first-order chi connectivity index (χ1) is 8.74. The minimum Gasteiger partial charge on any atom is -0.408 e. The quantitative estimate of drug-likeness (QED) is 0.771. The fourth-order valence-corrected chi connectivity index (χ4v) is 2.83. The van der Waals surface area contributed by atoms with Crippen molar-refractivity contribution in [3.63, 3.8) is 0 Å². The predicted molar refractivity (Wildman–Crippen MR) is 73.2 cm³/mol. The van der Waals surface area contributed by atoms with Crippen LogP contribution < -0.4 is 4.90 Å². The molecule has 4 nitrogen and oxygen atoms in total. The smallest absolute Gasteiger partial charge is 0.318 e. The molecule has 1 aromatic rings. The van der Waals surface area contributed by atoms with Gasteiger partial charge in [0.1, 0.15) is 0 Å². The molecule has 0 atom stereocenters. The molecule has 1 aliphatic rings. The summed E-state index contributed by atoms with van der Waals surface area (Å²) in [7, 11) is 2.05. The number of alkyl halides is 1. The molecule has 0 aliphatic heterocycles. The highest BCUT2D eigenvalue weighted by molar-refractivity contribution is 6.17. The van der Waals surface area contributed by atoms with Gasteiger partial charge in [0.05, 0.1) is 0 Å². The number of hydrogen-bond donors (Lipinski definition) is 0. The molecule has 1 aliphatic carbocycles. The molecular formula is C13H22ClN3O. The fraction of sp³-hybridized carbons (Fsp3) is 0.846. The minimum atomic E-state index is 0.521. The van der Waals surface area contributed by atoms with Crippen molar-refractivity contribution in [2.24, 2.45) is 5.92 Å². The van der Waals surface area contributed by atoms with Crippen molar-refractivity contribution >= 4 is 17.6 Å². The topological polar surface area (TPSA) is 42.2 Å². The maximum atomic E-state index is 5.66. The van der Waals surface area contributed by atoms with Gasteiger partial charge in [0.15, 0.2) is 0 Å². The van der Waals surface area contributed by atoms with E-state index in [0.717, 1.165) is 5.92 Å². The van der Waals surface area contributed by atoms with Gasteiger partial charge in [-0.25, -0.2) is 0 Å². The lowest BCUT2D eigenvalue weighted by Crippen LogP contribution is -2.35. The Bertz CT molecular complexity index is 361. The summed E-state index contributed by atoms with van der Waals surface area (Å²) in [6.45, 7) is 2.28. The minimum absolute atomic E-state index is 0.521. The number of rotatable bonds is 5. The first-order valence-electron chi connectivity index (χ1n) is 6.85. The Hall–Kier alpha value is -0.770. The lowest BCUT2D eigenvalue weighted by atomic mass is 9.84. The van der Waals surface area contributed by atoms with E-state index < -0.39 is 0 Å². The first-order valence-corrected chi connectivity index (χ1v) is 7.39. The molecular weight excluding hydrogens is 250 g/mol. The Morgan fingerprint density at radius 2 is 2.00 bits per heavy atom. The Kier molecular flexibility index (Phi) is 4.87. The maximum absolute atomic E-state index is 5.66. The third kappa shape index (κ3) is 3.16. The van der Waals surface area contributed by atoms with Crippen LogP contribution in [0.3, 0.4) is 0 Å². The van der Waals surface area contributed by atoms with Crippen molar-refractivity contribution in [3.8, 4) is 0 Å². The van der Waals surface area contributed by atoms with E-state index in [-0.39, 0.29) is 0 Å². The predicted octanol–water partition coefficient (Wildman–Crippen LogP) is 3.26. The van der Waals surface area contributed by atoms with Crippen LogP contribution in [0.25, 0.3) is 0 Å². The number of anilines is 1. The highest BCUT2D eigenvalue weighted by atomic mass is 35.5. The standard InChI is InChI=1S/C13H22ClN3O/c1-3-10-4-6-11(7-5-10)17(2)13-16-15-12(18-13)8-9-14/h10-11H,3-9H2,1-2H3. The summed E-state index contributed by atoms with van der Waals surface area (Å²) in [4.78, 5) is 2.14. The van der Waals surface area contributed by atoms with E-state index in [1.165, 1.54) is 32.1 Å². The molecule has 0 spiro atoms. The highest BCUT2D eigenvalue weighted by Crippen LogP contribution is 2.30. The second kappa shape index (κ2) is 6.41. The van der Waals surface area contributed by atoms with E-state index in [4.69, 9.17) is 16.0 Å². The van der Waals surface area contributed by atoms with Gasteiger partial charge >= 0.3 is 6.01 Å². The highest BCUT2D eigenvalue weighted by Gasteiger charge is 2.25. The normalized spacial score (nSPS) is 24.2. The van der Waals surface area contributed by atoms with Crippen molar-refractivity contribution < 1.29 is 4.42 Å². The molecule has 0 N–H and O–H groups in total. The molecule has 0 aromatic carbocycles. The van der Waals surface area contributed by atoms with Gasteiger partial charge in [-0.3, -0.25) is 0 Å². The van der Waals surface area contributed by atoms with Gasteiger partial charge in [-0.1, -0.05) is 18.4 Å². The summed E-state index contributed by atoms with van der Waals surface area (Å²) >= 11 is 5.66. The molecule has 102 valence electrons. The zero-order valence-corrected chi connectivity index (χ0v) is 12.0. The monoisotopic (exact) mass is 271 g/mol. The Balaban J connectivity index is 1.92. The van der Waals surface area contributed by atoms with Crippen molar-refractivity contribution in [1.82, 2.24) is 10.2 Å². The Morgan fingerprint density at radius 1 is 1.28 bits per heavy atom. The van der Waals surface area contributed by atoms with Crippen LogP contribution in [0, 0.1) is 5.92 Å². The van der Waals surface area contributed by atoms with E-state index in [9.17, 15) is 0 Å². The number of hydrogen-bond acceptors (Lipinski definition) is 4. The van der Waals surface area contributed by atoms with Gasteiger partial charge in [0.25, 0.3) is 0 Å². The molecule has 2 rings (SSSR count). The van der Waals surface area contributed by atoms with Crippen LogP contribution in [0.15, 0.2) is 4.42 Å². The Morgan fingerprint density at radius 3 is 2.61 bits per heavy atom. The summed E-state index contributed by atoms with van der Waals surface area (Å²) in [6, 6.07) is 1.17. The number of nitrogens with zero attached hydrogens (tertiary/aromatic N) is 3. The zero-order valence-electron chi connectivity index (χ0n) is 11.2. The molecule has 0 amide bonds. The van der Waals surface area contributed by atoms with E-state index >= 15 is 0 Å². The molecule has 0 radical (unpaired) electrons. The van der Waals surface area contributed by atoms with E-state index in [1.54, 1.807) is 0 Å². The van der Waals surface area contributed by atoms with Crippen molar-refractivity contribution in [3.05, 3.63) is 5.89 Å². The summed E-state index contributed by atoms with van der Waals surface area (Å²) in [5.74, 6) is 2.06. The van der Waals surface area contributed by atoms with Gasteiger partial charge in [0.2, 0.25) is 5.89 Å². The molecule has 1 heterocycles. The van der Waals surface area contributed by atoms with Gasteiger partial charge in [-0.15, -0.1) is 16.7 Å². The third-order valence-electron chi connectivity index (χ3n) is 4.01. The summed E-state index contributed by atoms with van der Waals surface area (Å²) < 4.78 is 5.61. The van der Waals surface area contributed by atoms with E-state index in [1.807, 2.05) is 0 Å². The van der Waals surface area contributed by atoms with Crippen molar-refractivity contribution in [1.29, 1.82) is 0 Å². The van der Waals surface area contributed by atoms with E-state index in [0.29, 0.717) is 30.2 Å². The van der Waals surface area contributed by atoms with Gasteiger partial charge in [0, 0.05) is 25.4 Å². The molecule has 18 heavy (non-hydrogen) atoms. The van der Waals surface area contributed by atoms with Gasteiger partial charge in [-0.2, -0.15) is 0 Å². The lowest BCUT2D eigenvalue weighted by molar-refractivity contribution is 0.306. The molecule has 0 bridgehead atoms. The third-order valence-corrected chi connectivity index (χ3v) is 4.20. The van der Waals surface area contributed by atoms with Crippen LogP contribution in [0.1, 0.15) is 44.9 Å². The van der Waals surface area contributed by atoms with Gasteiger partial charge in [-0.05, 0) is 31.6 Å². The summed E-state index contributed by atoms with van der Waals surface area (Å²) in [5.41, 5.74) is 0. The molecule has 0 unspecified atom stereocenters. The molecule has 0 saturated heterocycles. The largest absolute Gasteiger partial charge is 0.408 e. The fourth-order valence-electron chi connectivity index (χ4n) is 2.67. The van der Waals surface area contributed by atoms with E-state index in [2.05, 4.69) is 29.1 Å². The number of aryl methyl sites for hydroxylation is 1. The van der Waals surface area contributed by atoms with Gasteiger partial charge < -0.3 is 9.32 Å². The van der Waals surface area contributed by atoms with Crippen molar-refractivity contribution in [2.75, 3.05) is 17.8 Å². The summed E-state index contributed by atoms with van der Waals surface area (Å²) in [5, 5.41) is 8.11. The maximum Gasteiger partial charge on any atom is 0.318 e. The molecule has 1 fully saturated rings. The number of halogens is 1. The zero-order chi connectivity index (χ0) is 13.0. The summed E-state index contributed by atoms with van der Waals surface area (Å²) in [6.07, 6.45) is 7.02. The van der Waals surface area contributed by atoms with Crippen LogP contribution >= 0.6 is 11.6 Å². The van der Waals surface area contributed by atoms with Crippen molar-refractivity contribution in [2.45, 2.75) is 51.5 Å². The SMILES string of the molecule is CCC1CCC(N(C)c2nnc(CCCl)o2)CC1. The van der Waals surface area contributed by atoms with Crippen LogP contribution in [-0.2, 0) is 6.42 Å². The van der Waals surface area contributed by atoms with Crippen LogP contribution in [-0.4, -0.2) is 29.2 Å². The van der Waals surface area contributed by atoms with Crippen LogP contribution in [0.2, 0.25) is 0 Å². The molecule has 1 aromatic heterocycles. The second-order valence-electron chi connectivity index (χ2n) is 5.11. The molecule has 5 heteroatoms. The lowest BCUT2D eigenvalue weighted by Gasteiger charge is -2.33. The first kappa shape index (κ1) is 13.7. The average Bonchev–Trinajstić information content (AvgIpc) is 2.87.